The minimum Gasteiger partial charge on any atom is -0.327 e. The van der Waals surface area contributed by atoms with Gasteiger partial charge in [0.05, 0.1) is 5.92 Å². The Kier molecular flexibility index (Phi) is 5.11. The molecular formula is C13H18ClFN2O. The van der Waals surface area contributed by atoms with Gasteiger partial charge in [-0.15, -0.1) is 12.4 Å². The molecular weight excluding hydrogens is 255 g/mol. The number of amides is 1. The number of nitrogens with one attached hydrogen (secondary N) is 1. The lowest BCUT2D eigenvalue weighted by molar-refractivity contribution is -0.120. The zero-order chi connectivity index (χ0) is 12.4. The van der Waals surface area contributed by atoms with Crippen molar-refractivity contribution in [2.45, 2.75) is 32.2 Å². The highest BCUT2D eigenvalue weighted by atomic mass is 35.5. The van der Waals surface area contributed by atoms with Crippen molar-refractivity contribution in [3.05, 3.63) is 29.6 Å². The van der Waals surface area contributed by atoms with Crippen molar-refractivity contribution in [1.82, 2.24) is 0 Å². The van der Waals surface area contributed by atoms with Crippen LogP contribution < -0.4 is 11.1 Å². The van der Waals surface area contributed by atoms with E-state index in [-0.39, 0.29) is 36.1 Å². The van der Waals surface area contributed by atoms with Crippen molar-refractivity contribution in [2.24, 2.45) is 11.7 Å². The number of carbonyl (C=O) groups is 1. The van der Waals surface area contributed by atoms with Crippen LogP contribution in [0.2, 0.25) is 0 Å². The van der Waals surface area contributed by atoms with Gasteiger partial charge in [-0.05, 0) is 43.5 Å². The number of rotatable bonds is 2. The van der Waals surface area contributed by atoms with Crippen LogP contribution in [0.4, 0.5) is 10.1 Å². The third kappa shape index (κ3) is 3.21. The summed E-state index contributed by atoms with van der Waals surface area (Å²) in [7, 11) is 0. The van der Waals surface area contributed by atoms with E-state index in [9.17, 15) is 9.18 Å². The Morgan fingerprint density at radius 2 is 2.17 bits per heavy atom. The fourth-order valence-corrected chi connectivity index (χ4v) is 2.27. The van der Waals surface area contributed by atoms with Gasteiger partial charge in [0.1, 0.15) is 5.82 Å². The fourth-order valence-electron chi connectivity index (χ4n) is 2.27. The van der Waals surface area contributed by atoms with Gasteiger partial charge in [0.2, 0.25) is 5.91 Å². The van der Waals surface area contributed by atoms with Crippen molar-refractivity contribution < 1.29 is 9.18 Å². The largest absolute Gasteiger partial charge is 0.327 e. The molecule has 1 aliphatic carbocycles. The van der Waals surface area contributed by atoms with Crippen LogP contribution in [0.5, 0.6) is 0 Å². The van der Waals surface area contributed by atoms with Gasteiger partial charge in [0, 0.05) is 11.7 Å². The average Bonchev–Trinajstić information content (AvgIpc) is 2.70. The van der Waals surface area contributed by atoms with Gasteiger partial charge >= 0.3 is 0 Å². The van der Waals surface area contributed by atoms with E-state index >= 15 is 0 Å². The van der Waals surface area contributed by atoms with Crippen LogP contribution in [0.3, 0.4) is 0 Å². The predicted molar refractivity (Wildman–Crippen MR) is 72.3 cm³/mol. The lowest BCUT2D eigenvalue weighted by Gasteiger charge is -2.15. The highest BCUT2D eigenvalue weighted by Crippen LogP contribution is 2.25. The number of anilines is 1. The summed E-state index contributed by atoms with van der Waals surface area (Å²) in [6.07, 6.45) is 2.75. The van der Waals surface area contributed by atoms with Gasteiger partial charge in [-0.2, -0.15) is 0 Å². The Bertz CT molecular complexity index is 439. The second-order valence-electron chi connectivity index (χ2n) is 4.65. The zero-order valence-electron chi connectivity index (χ0n) is 10.3. The third-order valence-corrected chi connectivity index (χ3v) is 3.33. The van der Waals surface area contributed by atoms with E-state index in [0.29, 0.717) is 11.3 Å². The Hall–Kier alpha value is -1.13. The monoisotopic (exact) mass is 272 g/mol. The molecule has 1 saturated carbocycles. The Balaban J connectivity index is 0.00000162. The molecule has 0 radical (unpaired) electrons. The number of carbonyl (C=O) groups excluding carboxylic acids is 1. The topological polar surface area (TPSA) is 55.1 Å². The van der Waals surface area contributed by atoms with E-state index in [0.717, 1.165) is 19.3 Å². The quantitative estimate of drug-likeness (QED) is 0.870. The molecule has 1 fully saturated rings. The van der Waals surface area contributed by atoms with E-state index in [2.05, 4.69) is 5.32 Å². The summed E-state index contributed by atoms with van der Waals surface area (Å²) in [6.45, 7) is 1.67. The van der Waals surface area contributed by atoms with Crippen molar-refractivity contribution >= 4 is 24.0 Å². The maximum Gasteiger partial charge on any atom is 0.229 e. The summed E-state index contributed by atoms with van der Waals surface area (Å²) in [5.74, 6) is -0.429. The van der Waals surface area contributed by atoms with Gasteiger partial charge in [0.25, 0.3) is 0 Å². The SMILES string of the molecule is Cc1cc(NC(=O)C2CCCC2N)ccc1F.Cl. The standard InChI is InChI=1S/C13H17FN2O.ClH/c1-8-7-9(5-6-11(8)14)16-13(17)10-3-2-4-12(10)15;/h5-7,10,12H,2-4,15H2,1H3,(H,16,17);1H. The highest BCUT2D eigenvalue weighted by Gasteiger charge is 2.30. The summed E-state index contributed by atoms with van der Waals surface area (Å²) in [5.41, 5.74) is 7.03. The molecule has 0 bridgehead atoms. The predicted octanol–water partition coefficient (Wildman–Crippen LogP) is 2.62. The Morgan fingerprint density at radius 1 is 1.44 bits per heavy atom. The summed E-state index contributed by atoms with van der Waals surface area (Å²) in [5, 5.41) is 2.80. The van der Waals surface area contributed by atoms with Crippen LogP contribution in [0, 0.1) is 18.7 Å². The van der Waals surface area contributed by atoms with Crippen LogP contribution in [-0.4, -0.2) is 11.9 Å². The van der Waals surface area contributed by atoms with Gasteiger partial charge in [-0.3, -0.25) is 4.79 Å². The maximum atomic E-state index is 13.1. The average molecular weight is 273 g/mol. The summed E-state index contributed by atoms with van der Waals surface area (Å²) >= 11 is 0. The molecule has 0 saturated heterocycles. The molecule has 0 heterocycles. The van der Waals surface area contributed by atoms with Gasteiger partial charge in [0.15, 0.2) is 0 Å². The van der Waals surface area contributed by atoms with Gasteiger partial charge in [-0.25, -0.2) is 4.39 Å². The molecule has 1 amide bonds. The van der Waals surface area contributed by atoms with E-state index in [4.69, 9.17) is 5.73 Å². The molecule has 1 aromatic carbocycles. The first-order chi connectivity index (χ1) is 8.08. The van der Waals surface area contributed by atoms with Crippen LogP contribution in [-0.2, 0) is 4.79 Å². The molecule has 2 rings (SSSR count). The van der Waals surface area contributed by atoms with E-state index in [1.54, 1.807) is 19.1 Å². The Morgan fingerprint density at radius 3 is 2.72 bits per heavy atom. The lowest BCUT2D eigenvalue weighted by atomic mass is 10.0. The number of hydrogen-bond donors (Lipinski definition) is 2. The lowest BCUT2D eigenvalue weighted by Crippen LogP contribution is -2.34. The first-order valence-electron chi connectivity index (χ1n) is 5.90. The minimum absolute atomic E-state index is 0. The molecule has 1 aliphatic rings. The molecule has 2 unspecified atom stereocenters. The van der Waals surface area contributed by atoms with Crippen LogP contribution in [0.1, 0.15) is 24.8 Å². The van der Waals surface area contributed by atoms with Crippen LogP contribution in [0.15, 0.2) is 18.2 Å². The summed E-state index contributed by atoms with van der Waals surface area (Å²) in [4.78, 5) is 11.9. The second-order valence-corrected chi connectivity index (χ2v) is 4.65. The molecule has 2 atom stereocenters. The zero-order valence-corrected chi connectivity index (χ0v) is 11.1. The number of benzene rings is 1. The van der Waals surface area contributed by atoms with Gasteiger partial charge < -0.3 is 11.1 Å². The van der Waals surface area contributed by atoms with Crippen molar-refractivity contribution in [3.8, 4) is 0 Å². The molecule has 3 nitrogen and oxygen atoms in total. The fraction of sp³-hybridized carbons (Fsp3) is 0.462. The Labute approximate surface area is 112 Å². The summed E-state index contributed by atoms with van der Waals surface area (Å²) in [6, 6.07) is 4.52. The molecule has 0 aliphatic heterocycles. The van der Waals surface area contributed by atoms with E-state index in [1.165, 1.54) is 6.07 Å². The first kappa shape index (κ1) is 14.9. The molecule has 1 aromatic rings. The molecule has 18 heavy (non-hydrogen) atoms. The molecule has 3 N–H and O–H groups in total. The number of nitrogens with two attached hydrogens (primary N) is 1. The number of hydrogen-bond acceptors (Lipinski definition) is 2. The highest BCUT2D eigenvalue weighted by molar-refractivity contribution is 5.93. The molecule has 0 spiro atoms. The summed E-state index contributed by atoms with van der Waals surface area (Å²) < 4.78 is 13.1. The second kappa shape index (κ2) is 6.16. The first-order valence-corrected chi connectivity index (χ1v) is 5.90. The van der Waals surface area contributed by atoms with E-state index < -0.39 is 0 Å². The van der Waals surface area contributed by atoms with Crippen molar-refractivity contribution in [3.63, 3.8) is 0 Å². The van der Waals surface area contributed by atoms with Crippen LogP contribution >= 0.6 is 12.4 Å². The molecule has 0 aromatic heterocycles. The third-order valence-electron chi connectivity index (χ3n) is 3.33. The van der Waals surface area contributed by atoms with E-state index in [1.807, 2.05) is 0 Å². The van der Waals surface area contributed by atoms with Crippen LogP contribution in [0.25, 0.3) is 0 Å². The molecule has 5 heteroatoms. The maximum absolute atomic E-state index is 13.1. The van der Waals surface area contributed by atoms with Crippen molar-refractivity contribution in [2.75, 3.05) is 5.32 Å². The normalized spacial score (nSPS) is 22.4. The van der Waals surface area contributed by atoms with Gasteiger partial charge in [-0.1, -0.05) is 6.42 Å². The smallest absolute Gasteiger partial charge is 0.229 e. The number of halogens is 2. The number of aryl methyl sites for hydroxylation is 1. The molecule has 100 valence electrons. The van der Waals surface area contributed by atoms with Crippen molar-refractivity contribution in [1.29, 1.82) is 0 Å². The minimum atomic E-state index is -0.263.